The fraction of sp³-hybridized carbons (Fsp3) is 0.926. The van der Waals surface area contributed by atoms with Gasteiger partial charge < -0.3 is 34.3 Å². The van der Waals surface area contributed by atoms with Gasteiger partial charge in [0, 0.05) is 129 Å². The fourth-order valence-electron chi connectivity index (χ4n) is 25.3. The molecule has 108 heavy (non-hydrogen) atoms. The second kappa shape index (κ2) is 43.1. The number of rotatable bonds is 18. The number of nitrogens with zero attached hydrogens (tertiary/aromatic N) is 7. The average Bonchev–Trinajstić information content (AvgIpc) is 0.804. The van der Waals surface area contributed by atoms with Gasteiger partial charge in [0.15, 0.2) is 0 Å². The Morgan fingerprint density at radius 3 is 0.472 bits per heavy atom. The quantitative estimate of drug-likeness (QED) is 0.133. The van der Waals surface area contributed by atoms with Crippen LogP contribution in [0.3, 0.4) is 0 Å². The summed E-state index contributed by atoms with van der Waals surface area (Å²) in [6, 6.07) is 4.74. The number of hydrogen-bond donors (Lipinski definition) is 0. The summed E-state index contributed by atoms with van der Waals surface area (Å²) in [5.74, 6) is 2.11. The SMILES string of the molecule is CN(C(=O)C1CC(C(=O)N(C)C2CCCCC2)CC(C(=O)N(C)C2CCCCC2)C1)C1CCCCC1.O=C(C1CCC(C(=O)N(C2CCCCC2)C2CCCCC2)CC1)N(C1CCCCC1)C1CCCCC1.O=C(C1CCCC(C(=O)N(C2CCCCC2)C2CCCCC2)C1)N(C1CCCCC1)C1CCCCC1. The molecule has 0 aromatic carbocycles. The largest absolute Gasteiger partial charge is 0.343 e. The lowest BCUT2D eigenvalue weighted by Crippen LogP contribution is -2.53. The lowest BCUT2D eigenvalue weighted by Gasteiger charge is -2.46. The number of hydrogen-bond acceptors (Lipinski definition) is 7. The summed E-state index contributed by atoms with van der Waals surface area (Å²) in [6.45, 7) is 0. The fourth-order valence-corrected chi connectivity index (χ4v) is 25.3. The molecule has 0 aromatic rings. The summed E-state index contributed by atoms with van der Waals surface area (Å²) >= 11 is 0. The zero-order chi connectivity index (χ0) is 75.1. The van der Waals surface area contributed by atoms with E-state index in [9.17, 15) is 33.6 Å². The van der Waals surface area contributed by atoms with E-state index in [4.69, 9.17) is 0 Å². The molecule has 14 fully saturated rings. The van der Waals surface area contributed by atoms with Gasteiger partial charge in [0.25, 0.3) is 0 Å². The molecule has 612 valence electrons. The summed E-state index contributed by atoms with van der Waals surface area (Å²) in [6.07, 6.45) is 77.5. The Hall–Kier alpha value is -3.71. The van der Waals surface area contributed by atoms with Gasteiger partial charge in [-0.05, 0) is 205 Å². The normalized spacial score (nSPS) is 29.7. The zero-order valence-corrected chi connectivity index (χ0v) is 69.5. The molecule has 0 N–H and O–H groups in total. The van der Waals surface area contributed by atoms with Crippen molar-refractivity contribution < 1.29 is 33.6 Å². The Balaban J connectivity index is 0.000000151. The highest BCUT2D eigenvalue weighted by atomic mass is 16.2. The molecule has 14 aliphatic rings. The highest BCUT2D eigenvalue weighted by molar-refractivity contribution is 5.87. The molecule has 0 spiro atoms. The molecule has 14 aliphatic carbocycles. The first-order valence-corrected chi connectivity index (χ1v) is 47.9. The maximum absolute atomic E-state index is 14.2. The van der Waals surface area contributed by atoms with Crippen molar-refractivity contribution in [2.45, 2.75) is 490 Å². The molecule has 2 unspecified atom stereocenters. The predicted octanol–water partition coefficient (Wildman–Crippen LogP) is 21.0. The molecule has 0 bridgehead atoms. The van der Waals surface area contributed by atoms with Crippen LogP contribution in [0.4, 0.5) is 0 Å². The van der Waals surface area contributed by atoms with Crippen LogP contribution in [0.15, 0.2) is 0 Å². The van der Waals surface area contributed by atoms with Crippen molar-refractivity contribution in [1.29, 1.82) is 0 Å². The minimum Gasteiger partial charge on any atom is -0.343 e. The first-order valence-electron chi connectivity index (χ1n) is 47.9. The molecule has 0 aromatic heterocycles. The Bertz CT molecular complexity index is 2430. The van der Waals surface area contributed by atoms with Crippen LogP contribution in [0.2, 0.25) is 0 Å². The first-order chi connectivity index (χ1) is 52.8. The van der Waals surface area contributed by atoms with Crippen molar-refractivity contribution >= 4 is 41.4 Å². The van der Waals surface area contributed by atoms with Gasteiger partial charge in [0.05, 0.1) is 0 Å². The monoisotopic (exact) mass is 1500 g/mol. The number of carbonyl (C=O) groups is 7. The van der Waals surface area contributed by atoms with Crippen LogP contribution in [-0.4, -0.2) is 163 Å². The van der Waals surface area contributed by atoms with Crippen molar-refractivity contribution in [3.05, 3.63) is 0 Å². The zero-order valence-electron chi connectivity index (χ0n) is 69.5. The van der Waals surface area contributed by atoms with Gasteiger partial charge >= 0.3 is 0 Å². The maximum Gasteiger partial charge on any atom is 0.226 e. The molecule has 14 rings (SSSR count). The summed E-state index contributed by atoms with van der Waals surface area (Å²) in [5.41, 5.74) is 0. The van der Waals surface area contributed by atoms with Crippen LogP contribution in [0.1, 0.15) is 424 Å². The van der Waals surface area contributed by atoms with E-state index in [0.717, 1.165) is 89.9 Å². The van der Waals surface area contributed by atoms with Crippen LogP contribution in [0.25, 0.3) is 0 Å². The first kappa shape index (κ1) is 83.7. The second-order valence-corrected chi connectivity index (χ2v) is 38.9. The Morgan fingerprint density at radius 1 is 0.148 bits per heavy atom. The molecule has 0 aliphatic heterocycles. The molecule has 0 saturated heterocycles. The molecular formula is C94H159N7O7. The molecule has 0 radical (unpaired) electrons. The van der Waals surface area contributed by atoms with E-state index in [-0.39, 0.29) is 59.1 Å². The summed E-state index contributed by atoms with van der Waals surface area (Å²) in [7, 11) is 5.88. The number of amides is 7. The van der Waals surface area contributed by atoms with Crippen molar-refractivity contribution in [3.63, 3.8) is 0 Å². The number of carbonyl (C=O) groups excluding carboxylic acids is 7. The van der Waals surface area contributed by atoms with E-state index in [1.807, 2.05) is 35.8 Å². The van der Waals surface area contributed by atoms with Gasteiger partial charge in [-0.3, -0.25) is 33.6 Å². The predicted molar refractivity (Wildman–Crippen MR) is 437 cm³/mol. The molecule has 14 nitrogen and oxygen atoms in total. The lowest BCUT2D eigenvalue weighted by atomic mass is 9.73. The van der Waals surface area contributed by atoms with E-state index < -0.39 is 0 Å². The standard InChI is InChI=1S/2C32H54N2O2.C30H51N3O3/c35-31(33(27-16-5-1-6-17-27)28-18-7-2-8-19-28)25-14-13-15-26(24-25)32(36)34(29-20-9-3-10-21-29)30-22-11-4-12-23-30;35-31(33(27-13-5-1-6-14-27)28-15-7-2-8-16-28)25-21-23-26(24-22-25)32(36)34(29-17-9-3-10-18-29)30-19-11-4-12-20-30;1-31(25-13-7-4-8-14-25)28(34)22-19-23(29(35)32(2)26-15-9-5-10-16-26)21-24(20-22)30(36)33(3)27-17-11-6-12-18-27/h2*25-30H,1-24H2;22-27H,4-21H2,1-3H3. The molecule has 2 atom stereocenters. The topological polar surface area (TPSA) is 142 Å². The van der Waals surface area contributed by atoms with Crippen molar-refractivity contribution in [1.82, 2.24) is 34.3 Å². The van der Waals surface area contributed by atoms with Crippen LogP contribution in [0.5, 0.6) is 0 Å². The van der Waals surface area contributed by atoms with Crippen LogP contribution in [0, 0.1) is 41.4 Å². The molecular weight excluding hydrogens is 1340 g/mol. The Labute approximate surface area is 658 Å². The van der Waals surface area contributed by atoms with Gasteiger partial charge in [0.2, 0.25) is 41.4 Å². The third kappa shape index (κ3) is 22.4. The van der Waals surface area contributed by atoms with Gasteiger partial charge in [-0.2, -0.15) is 0 Å². The Morgan fingerprint density at radius 2 is 0.296 bits per heavy atom. The van der Waals surface area contributed by atoms with E-state index in [1.54, 1.807) is 0 Å². The maximum atomic E-state index is 14.2. The summed E-state index contributed by atoms with van der Waals surface area (Å²) < 4.78 is 0. The molecule has 14 saturated carbocycles. The van der Waals surface area contributed by atoms with Gasteiger partial charge in [-0.25, -0.2) is 0 Å². The third-order valence-corrected chi connectivity index (χ3v) is 31.7. The lowest BCUT2D eigenvalue weighted by molar-refractivity contribution is -0.150. The highest BCUT2D eigenvalue weighted by Crippen LogP contribution is 2.45. The van der Waals surface area contributed by atoms with E-state index >= 15 is 0 Å². The van der Waals surface area contributed by atoms with E-state index in [0.29, 0.717) is 109 Å². The highest BCUT2D eigenvalue weighted by Gasteiger charge is 2.47. The van der Waals surface area contributed by atoms with Crippen LogP contribution >= 0.6 is 0 Å². The molecule has 14 heteroatoms. The van der Waals surface area contributed by atoms with E-state index in [1.165, 1.54) is 315 Å². The van der Waals surface area contributed by atoms with Gasteiger partial charge in [-0.15, -0.1) is 0 Å². The smallest absolute Gasteiger partial charge is 0.226 e. The van der Waals surface area contributed by atoms with Crippen molar-refractivity contribution in [3.8, 4) is 0 Å². The molecule has 0 heterocycles. The average molecular weight is 1500 g/mol. The van der Waals surface area contributed by atoms with Gasteiger partial charge in [0.1, 0.15) is 0 Å². The second-order valence-electron chi connectivity index (χ2n) is 38.9. The molecule has 7 amide bonds. The Kier molecular flexibility index (Phi) is 33.4. The van der Waals surface area contributed by atoms with Crippen LogP contribution < -0.4 is 0 Å². The summed E-state index contributed by atoms with van der Waals surface area (Å²) in [5, 5.41) is 0. The summed E-state index contributed by atoms with van der Waals surface area (Å²) in [4.78, 5) is 113. The third-order valence-electron chi connectivity index (χ3n) is 31.7. The van der Waals surface area contributed by atoms with E-state index in [2.05, 4.69) is 19.6 Å². The van der Waals surface area contributed by atoms with Gasteiger partial charge in [-0.1, -0.05) is 218 Å². The minimum atomic E-state index is -0.229. The van der Waals surface area contributed by atoms with Crippen molar-refractivity contribution in [2.75, 3.05) is 21.1 Å². The minimum absolute atomic E-state index is 0.0797. The van der Waals surface area contributed by atoms with Crippen molar-refractivity contribution in [2.24, 2.45) is 41.4 Å². The van der Waals surface area contributed by atoms with Crippen LogP contribution in [-0.2, 0) is 33.6 Å².